The summed E-state index contributed by atoms with van der Waals surface area (Å²) in [5, 5.41) is 0.984. The summed E-state index contributed by atoms with van der Waals surface area (Å²) in [6.07, 6.45) is 9.35. The van der Waals surface area contributed by atoms with Crippen LogP contribution in [0.15, 0.2) is 63.8 Å². The second-order valence-electron chi connectivity index (χ2n) is 7.09. The topological polar surface area (TPSA) is 39.4 Å². The van der Waals surface area contributed by atoms with Crippen molar-refractivity contribution in [2.45, 2.75) is 46.0 Å². The van der Waals surface area contributed by atoms with E-state index in [0.29, 0.717) is 17.9 Å². The number of rotatable bonds is 9. The van der Waals surface area contributed by atoms with Crippen LogP contribution in [0.3, 0.4) is 0 Å². The van der Waals surface area contributed by atoms with E-state index in [4.69, 9.17) is 9.15 Å². The molecule has 0 atom stereocenters. The van der Waals surface area contributed by atoms with Crippen molar-refractivity contribution in [2.75, 3.05) is 6.61 Å². The van der Waals surface area contributed by atoms with E-state index in [-0.39, 0.29) is 5.63 Å². The lowest BCUT2D eigenvalue weighted by Crippen LogP contribution is -2.10. The van der Waals surface area contributed by atoms with Crippen molar-refractivity contribution in [1.82, 2.24) is 0 Å². The lowest BCUT2D eigenvalue weighted by molar-refractivity contribution is 0.363. The molecule has 0 aliphatic heterocycles. The van der Waals surface area contributed by atoms with Crippen LogP contribution in [0.4, 0.5) is 0 Å². The normalized spacial score (nSPS) is 11.4. The van der Waals surface area contributed by atoms with Gasteiger partial charge in [-0.25, -0.2) is 4.79 Å². The highest BCUT2D eigenvalue weighted by Gasteiger charge is 2.11. The van der Waals surface area contributed by atoms with Gasteiger partial charge in [0.05, 0.1) is 0 Å². The summed E-state index contributed by atoms with van der Waals surface area (Å²) in [4.78, 5) is 12.4. The molecule has 0 unspecified atom stereocenters. The predicted molar refractivity (Wildman–Crippen MR) is 116 cm³/mol. The van der Waals surface area contributed by atoms with Crippen LogP contribution < -0.4 is 10.4 Å². The van der Waals surface area contributed by atoms with Gasteiger partial charge in [0, 0.05) is 17.0 Å². The average Bonchev–Trinajstić information content (AvgIpc) is 2.71. The zero-order valence-electron chi connectivity index (χ0n) is 16.7. The molecule has 1 aromatic heterocycles. The highest BCUT2D eigenvalue weighted by atomic mass is 16.5. The molecule has 0 aliphatic rings. The van der Waals surface area contributed by atoms with Gasteiger partial charge in [0.1, 0.15) is 17.9 Å². The fourth-order valence-electron chi connectivity index (χ4n) is 3.37. The molecule has 3 rings (SSSR count). The molecule has 3 heteroatoms. The molecule has 0 N–H and O–H groups in total. The highest BCUT2D eigenvalue weighted by Crippen LogP contribution is 2.25. The van der Waals surface area contributed by atoms with Gasteiger partial charge in [-0.1, -0.05) is 62.6 Å². The Hall–Kier alpha value is -2.81. The van der Waals surface area contributed by atoms with Gasteiger partial charge in [-0.05, 0) is 49.1 Å². The van der Waals surface area contributed by atoms with Crippen LogP contribution in [0.2, 0.25) is 0 Å². The molecule has 0 saturated heterocycles. The van der Waals surface area contributed by atoms with Crippen molar-refractivity contribution < 1.29 is 9.15 Å². The van der Waals surface area contributed by atoms with E-state index in [1.54, 1.807) is 6.07 Å². The smallest absolute Gasteiger partial charge is 0.339 e. The molecule has 1 heterocycles. The van der Waals surface area contributed by atoms with Crippen molar-refractivity contribution in [2.24, 2.45) is 0 Å². The van der Waals surface area contributed by atoms with E-state index in [2.05, 4.69) is 6.92 Å². The summed E-state index contributed by atoms with van der Waals surface area (Å²) in [6.45, 7) is 4.66. The minimum Gasteiger partial charge on any atom is -0.489 e. The van der Waals surface area contributed by atoms with Gasteiger partial charge >= 0.3 is 5.63 Å². The number of ether oxygens (including phenoxy) is 1. The number of unbranched alkanes of at least 4 members (excludes halogenated alkanes) is 3. The Balaban J connectivity index is 1.69. The Morgan fingerprint density at radius 2 is 1.86 bits per heavy atom. The highest BCUT2D eigenvalue weighted by molar-refractivity contribution is 5.82. The molecule has 3 aromatic rings. The molecular weight excluding hydrogens is 348 g/mol. The van der Waals surface area contributed by atoms with Crippen molar-refractivity contribution >= 4 is 17.0 Å². The van der Waals surface area contributed by atoms with Crippen LogP contribution in [-0.4, -0.2) is 6.61 Å². The monoisotopic (exact) mass is 376 g/mol. The predicted octanol–water partition coefficient (Wildman–Crippen LogP) is 6.32. The van der Waals surface area contributed by atoms with Crippen LogP contribution in [0.1, 0.15) is 49.3 Å². The zero-order valence-corrected chi connectivity index (χ0v) is 16.7. The zero-order chi connectivity index (χ0) is 19.8. The second kappa shape index (κ2) is 9.93. The summed E-state index contributed by atoms with van der Waals surface area (Å²) in [7, 11) is 0. The maximum absolute atomic E-state index is 12.4. The molecule has 0 aliphatic carbocycles. The molecule has 0 bridgehead atoms. The molecule has 28 heavy (non-hydrogen) atoms. The number of hydrogen-bond donors (Lipinski definition) is 0. The number of fused-ring (bicyclic) bond motifs is 1. The summed E-state index contributed by atoms with van der Waals surface area (Å²) >= 11 is 0. The van der Waals surface area contributed by atoms with E-state index >= 15 is 0 Å². The molecule has 0 spiro atoms. The van der Waals surface area contributed by atoms with Crippen LogP contribution >= 0.6 is 0 Å². The Labute approximate surface area is 166 Å². The SMILES string of the molecule is CCCCCCc1c(C)c2ccc(OC/C=C/c3ccccc3)cc2oc1=O. The first kappa shape index (κ1) is 19.9. The van der Waals surface area contributed by atoms with Gasteiger partial charge in [-0.2, -0.15) is 0 Å². The van der Waals surface area contributed by atoms with Gasteiger partial charge in [-0.3, -0.25) is 0 Å². The molecule has 0 amide bonds. The van der Waals surface area contributed by atoms with E-state index in [0.717, 1.165) is 41.3 Å². The summed E-state index contributed by atoms with van der Waals surface area (Å²) in [5.41, 5.74) is 3.34. The Morgan fingerprint density at radius 1 is 1.04 bits per heavy atom. The Morgan fingerprint density at radius 3 is 2.64 bits per heavy atom. The third-order valence-corrected chi connectivity index (χ3v) is 5.00. The molecule has 146 valence electrons. The molecule has 0 fully saturated rings. The van der Waals surface area contributed by atoms with Crippen LogP contribution in [-0.2, 0) is 6.42 Å². The first-order valence-electron chi connectivity index (χ1n) is 10.1. The largest absolute Gasteiger partial charge is 0.489 e. The van der Waals surface area contributed by atoms with E-state index in [9.17, 15) is 4.79 Å². The minimum absolute atomic E-state index is 0.220. The minimum atomic E-state index is -0.220. The van der Waals surface area contributed by atoms with E-state index in [1.807, 2.05) is 61.5 Å². The Bertz CT molecular complexity index is 984. The van der Waals surface area contributed by atoms with Crippen molar-refractivity contribution in [3.05, 3.63) is 81.7 Å². The Kier molecular flexibility index (Phi) is 7.07. The fraction of sp³-hybridized carbons (Fsp3) is 0.320. The number of aryl methyl sites for hydroxylation is 1. The second-order valence-corrected chi connectivity index (χ2v) is 7.09. The molecule has 2 aromatic carbocycles. The first-order chi connectivity index (χ1) is 13.7. The fourth-order valence-corrected chi connectivity index (χ4v) is 3.37. The quantitative estimate of drug-likeness (QED) is 0.324. The third kappa shape index (κ3) is 5.13. The lowest BCUT2D eigenvalue weighted by Gasteiger charge is -2.09. The van der Waals surface area contributed by atoms with Crippen LogP contribution in [0.5, 0.6) is 5.75 Å². The van der Waals surface area contributed by atoms with Gasteiger partial charge in [0.25, 0.3) is 0 Å². The van der Waals surface area contributed by atoms with Crippen molar-refractivity contribution in [1.29, 1.82) is 0 Å². The van der Waals surface area contributed by atoms with Gasteiger partial charge in [0.2, 0.25) is 0 Å². The van der Waals surface area contributed by atoms with Crippen LogP contribution in [0.25, 0.3) is 17.0 Å². The maximum atomic E-state index is 12.4. The van der Waals surface area contributed by atoms with Gasteiger partial charge < -0.3 is 9.15 Å². The summed E-state index contributed by atoms with van der Waals surface area (Å²) < 4.78 is 11.4. The van der Waals surface area contributed by atoms with E-state index < -0.39 is 0 Å². The maximum Gasteiger partial charge on any atom is 0.339 e. The average molecular weight is 376 g/mol. The summed E-state index contributed by atoms with van der Waals surface area (Å²) in [6, 6.07) is 15.8. The van der Waals surface area contributed by atoms with Crippen molar-refractivity contribution in [3.63, 3.8) is 0 Å². The molecule has 0 saturated carbocycles. The van der Waals surface area contributed by atoms with E-state index in [1.165, 1.54) is 12.8 Å². The van der Waals surface area contributed by atoms with Crippen LogP contribution in [0, 0.1) is 6.92 Å². The van der Waals surface area contributed by atoms with Gasteiger partial charge in [-0.15, -0.1) is 0 Å². The lowest BCUT2D eigenvalue weighted by atomic mass is 10.0. The number of hydrogen-bond acceptors (Lipinski definition) is 3. The number of benzene rings is 2. The third-order valence-electron chi connectivity index (χ3n) is 5.00. The standard InChI is InChI=1S/C25H28O3/c1-3-4-5-9-14-23-19(2)22-16-15-21(18-24(22)28-25(23)26)27-17-10-13-20-11-7-6-8-12-20/h6-8,10-13,15-16,18H,3-5,9,14,17H2,1-2H3/b13-10+. The molecule has 3 nitrogen and oxygen atoms in total. The first-order valence-corrected chi connectivity index (χ1v) is 10.1. The summed E-state index contributed by atoms with van der Waals surface area (Å²) in [5.74, 6) is 0.698. The van der Waals surface area contributed by atoms with Crippen molar-refractivity contribution in [3.8, 4) is 5.75 Å². The molecule has 0 radical (unpaired) electrons. The van der Waals surface area contributed by atoms with Gasteiger partial charge in [0.15, 0.2) is 0 Å². The molecular formula is C25H28O3.